The number of hydrogen-bond donors (Lipinski definition) is 1. The molecule has 0 aliphatic carbocycles. The van der Waals surface area contributed by atoms with Gasteiger partial charge in [0.05, 0.1) is 5.56 Å². The van der Waals surface area contributed by atoms with Crippen molar-refractivity contribution in [1.29, 1.82) is 0 Å². The fourth-order valence-electron chi connectivity index (χ4n) is 4.04. The number of sulfonamides is 1. The van der Waals surface area contributed by atoms with Gasteiger partial charge in [-0.25, -0.2) is 17.1 Å². The molecule has 1 N–H and O–H groups in total. The zero-order chi connectivity index (χ0) is 25.6. The molecule has 8 nitrogen and oxygen atoms in total. The van der Waals surface area contributed by atoms with Crippen LogP contribution < -0.4 is 5.32 Å². The molecule has 0 bridgehead atoms. The fraction of sp³-hybridized carbons (Fsp3) is 0.400. The molecular weight excluding hydrogens is 473 g/mol. The lowest BCUT2D eigenvalue weighted by molar-refractivity contribution is -0.141. The molecule has 35 heavy (non-hydrogen) atoms. The number of amides is 3. The Kier molecular flexibility index (Phi) is 8.61. The summed E-state index contributed by atoms with van der Waals surface area (Å²) in [4.78, 5) is 40.0. The number of benzene rings is 2. The Hall–Kier alpha value is -3.27. The van der Waals surface area contributed by atoms with E-state index < -0.39 is 27.8 Å². The van der Waals surface area contributed by atoms with Crippen molar-refractivity contribution in [2.75, 3.05) is 13.1 Å². The van der Waals surface area contributed by atoms with Crippen LogP contribution in [0.1, 0.15) is 55.5 Å². The van der Waals surface area contributed by atoms with Crippen LogP contribution >= 0.6 is 0 Å². The standard InChI is InChI=1S/C25H30FN3O5S/c1-3-15-27-24(31)21(4-2)28(17-18-11-13-19(26)14-12-18)23(30)10-7-16-29-25(32)20-8-5-6-9-22(20)35(29,33)34/h5-6,8-9,11-14,21H,3-4,7,10,15-17H2,1-2H3,(H,27,31). The lowest BCUT2D eigenvalue weighted by Crippen LogP contribution is -2.49. The fourth-order valence-corrected chi connectivity index (χ4v) is 5.65. The van der Waals surface area contributed by atoms with Crippen molar-refractivity contribution in [3.63, 3.8) is 0 Å². The van der Waals surface area contributed by atoms with Gasteiger partial charge >= 0.3 is 0 Å². The summed E-state index contributed by atoms with van der Waals surface area (Å²) in [5, 5.41) is 2.82. The van der Waals surface area contributed by atoms with Gasteiger partial charge in [-0.2, -0.15) is 0 Å². The molecule has 1 aliphatic rings. The zero-order valence-electron chi connectivity index (χ0n) is 19.9. The van der Waals surface area contributed by atoms with Gasteiger partial charge in [-0.05, 0) is 49.1 Å². The van der Waals surface area contributed by atoms with Gasteiger partial charge in [0.2, 0.25) is 11.8 Å². The molecule has 0 saturated heterocycles. The van der Waals surface area contributed by atoms with Crippen LogP contribution in [-0.2, 0) is 26.2 Å². The number of hydrogen-bond acceptors (Lipinski definition) is 5. The normalized spacial score (nSPS) is 14.9. The summed E-state index contributed by atoms with van der Waals surface area (Å²) < 4.78 is 39.6. The highest BCUT2D eigenvalue weighted by Crippen LogP contribution is 2.30. The molecule has 3 rings (SSSR count). The van der Waals surface area contributed by atoms with Crippen molar-refractivity contribution in [3.8, 4) is 0 Å². The number of nitrogens with one attached hydrogen (secondary N) is 1. The quantitative estimate of drug-likeness (QED) is 0.508. The molecule has 1 aliphatic heterocycles. The van der Waals surface area contributed by atoms with E-state index in [1.807, 2.05) is 6.92 Å². The summed E-state index contributed by atoms with van der Waals surface area (Å²) in [5.41, 5.74) is 0.782. The van der Waals surface area contributed by atoms with Gasteiger partial charge in [0, 0.05) is 26.1 Å². The molecule has 3 amide bonds. The second-order valence-electron chi connectivity index (χ2n) is 8.35. The first-order valence-electron chi connectivity index (χ1n) is 11.7. The topological polar surface area (TPSA) is 104 Å². The van der Waals surface area contributed by atoms with Crippen LogP contribution in [-0.4, -0.2) is 54.5 Å². The Labute approximate surface area is 205 Å². The third-order valence-electron chi connectivity index (χ3n) is 5.87. The Morgan fingerprint density at radius 1 is 1.09 bits per heavy atom. The summed E-state index contributed by atoms with van der Waals surface area (Å²) in [7, 11) is -3.95. The number of fused-ring (bicyclic) bond motifs is 1. The van der Waals surface area contributed by atoms with E-state index in [2.05, 4.69) is 5.32 Å². The van der Waals surface area contributed by atoms with E-state index in [4.69, 9.17) is 0 Å². The van der Waals surface area contributed by atoms with Crippen molar-refractivity contribution >= 4 is 27.7 Å². The second-order valence-corrected chi connectivity index (χ2v) is 10.2. The van der Waals surface area contributed by atoms with E-state index >= 15 is 0 Å². The Balaban J connectivity index is 1.73. The number of rotatable bonds is 11. The third kappa shape index (κ3) is 5.87. The van der Waals surface area contributed by atoms with E-state index in [-0.39, 0.29) is 48.2 Å². The van der Waals surface area contributed by atoms with Gasteiger partial charge in [-0.1, -0.05) is 38.1 Å². The van der Waals surface area contributed by atoms with E-state index in [0.29, 0.717) is 18.5 Å². The van der Waals surface area contributed by atoms with Crippen LogP contribution in [0.3, 0.4) is 0 Å². The first-order valence-corrected chi connectivity index (χ1v) is 13.1. The molecule has 0 spiro atoms. The highest BCUT2D eigenvalue weighted by Gasteiger charge is 2.40. The average Bonchev–Trinajstić information content (AvgIpc) is 3.04. The smallest absolute Gasteiger partial charge is 0.269 e. The number of halogens is 1. The van der Waals surface area contributed by atoms with E-state index in [1.54, 1.807) is 31.2 Å². The largest absolute Gasteiger partial charge is 0.354 e. The molecule has 0 radical (unpaired) electrons. The maximum absolute atomic E-state index is 13.4. The van der Waals surface area contributed by atoms with Gasteiger partial charge in [-0.3, -0.25) is 14.4 Å². The molecular formula is C25H30FN3O5S. The minimum absolute atomic E-state index is 0.0343. The van der Waals surface area contributed by atoms with Crippen LogP contribution in [0.15, 0.2) is 53.4 Å². The van der Waals surface area contributed by atoms with Crippen LogP contribution in [0.4, 0.5) is 4.39 Å². The minimum atomic E-state index is -3.95. The molecule has 1 atom stereocenters. The minimum Gasteiger partial charge on any atom is -0.354 e. The van der Waals surface area contributed by atoms with Gasteiger partial charge < -0.3 is 10.2 Å². The summed E-state index contributed by atoms with van der Waals surface area (Å²) in [6.07, 6.45) is 1.16. The monoisotopic (exact) mass is 503 g/mol. The van der Waals surface area contributed by atoms with Crippen molar-refractivity contribution in [2.24, 2.45) is 0 Å². The van der Waals surface area contributed by atoms with Crippen LogP contribution in [0, 0.1) is 5.82 Å². The van der Waals surface area contributed by atoms with Gasteiger partial charge in [0.25, 0.3) is 15.9 Å². The van der Waals surface area contributed by atoms with Crippen LogP contribution in [0.5, 0.6) is 0 Å². The highest BCUT2D eigenvalue weighted by molar-refractivity contribution is 7.90. The summed E-state index contributed by atoms with van der Waals surface area (Å²) in [5.74, 6) is -1.65. The Morgan fingerprint density at radius 2 is 1.77 bits per heavy atom. The summed E-state index contributed by atoms with van der Waals surface area (Å²) in [6.45, 7) is 4.15. The molecule has 1 heterocycles. The lowest BCUT2D eigenvalue weighted by atomic mass is 10.1. The van der Waals surface area contributed by atoms with Crippen molar-refractivity contribution in [3.05, 3.63) is 65.5 Å². The van der Waals surface area contributed by atoms with Crippen molar-refractivity contribution in [2.45, 2.75) is 57.0 Å². The third-order valence-corrected chi connectivity index (χ3v) is 7.71. The molecule has 0 fully saturated rings. The molecule has 0 aromatic heterocycles. The van der Waals surface area contributed by atoms with Crippen LogP contribution in [0.25, 0.3) is 0 Å². The van der Waals surface area contributed by atoms with Gasteiger partial charge in [0.1, 0.15) is 16.8 Å². The molecule has 1 unspecified atom stereocenters. The van der Waals surface area contributed by atoms with Crippen molar-refractivity contribution in [1.82, 2.24) is 14.5 Å². The maximum atomic E-state index is 13.4. The molecule has 2 aromatic rings. The summed E-state index contributed by atoms with van der Waals surface area (Å²) in [6, 6.07) is 11.0. The average molecular weight is 504 g/mol. The summed E-state index contributed by atoms with van der Waals surface area (Å²) >= 11 is 0. The molecule has 2 aromatic carbocycles. The van der Waals surface area contributed by atoms with Gasteiger partial charge in [-0.15, -0.1) is 0 Å². The Bertz CT molecular complexity index is 1180. The van der Waals surface area contributed by atoms with Crippen LogP contribution in [0.2, 0.25) is 0 Å². The zero-order valence-corrected chi connectivity index (χ0v) is 20.7. The lowest BCUT2D eigenvalue weighted by Gasteiger charge is -2.31. The van der Waals surface area contributed by atoms with Gasteiger partial charge in [0.15, 0.2) is 0 Å². The van der Waals surface area contributed by atoms with E-state index in [0.717, 1.165) is 10.7 Å². The maximum Gasteiger partial charge on any atom is 0.269 e. The first kappa shape index (κ1) is 26.3. The Morgan fingerprint density at radius 3 is 2.40 bits per heavy atom. The van der Waals surface area contributed by atoms with E-state index in [1.165, 1.54) is 29.2 Å². The van der Waals surface area contributed by atoms with E-state index in [9.17, 15) is 27.2 Å². The predicted molar refractivity (Wildman–Crippen MR) is 128 cm³/mol. The molecule has 0 saturated carbocycles. The molecule has 188 valence electrons. The number of nitrogens with zero attached hydrogens (tertiary/aromatic N) is 2. The second kappa shape index (κ2) is 11.4. The molecule has 10 heteroatoms. The first-order chi connectivity index (χ1) is 16.7. The number of carbonyl (C=O) groups is 3. The predicted octanol–water partition coefficient (Wildman–Crippen LogP) is 3.08. The number of carbonyl (C=O) groups excluding carboxylic acids is 3. The van der Waals surface area contributed by atoms with Crippen molar-refractivity contribution < 1.29 is 27.2 Å². The SMILES string of the molecule is CCCNC(=O)C(CC)N(Cc1ccc(F)cc1)C(=O)CCCN1C(=O)c2ccccc2S1(=O)=O. The highest BCUT2D eigenvalue weighted by atomic mass is 32.2.